The minimum Gasteiger partial charge on any atom is -0.346 e. The van der Waals surface area contributed by atoms with Gasteiger partial charge in [0.15, 0.2) is 0 Å². The van der Waals surface area contributed by atoms with Gasteiger partial charge in [0, 0.05) is 18.0 Å². The molecule has 3 rings (SSSR count). The fourth-order valence-corrected chi connectivity index (χ4v) is 2.18. The fraction of sp³-hybridized carbons (Fsp3) is 0.188. The molecule has 5 nitrogen and oxygen atoms in total. The van der Waals surface area contributed by atoms with E-state index in [0.29, 0.717) is 17.2 Å². The van der Waals surface area contributed by atoms with Gasteiger partial charge in [-0.15, -0.1) is 0 Å². The highest BCUT2D eigenvalue weighted by atomic mass is 19.4. The maximum atomic E-state index is 12.6. The summed E-state index contributed by atoms with van der Waals surface area (Å²) in [5.41, 5.74) is 1.27. The summed E-state index contributed by atoms with van der Waals surface area (Å²) in [4.78, 5) is 8.16. The molecule has 2 N–H and O–H groups in total. The molecule has 0 aliphatic heterocycles. The smallest absolute Gasteiger partial charge is 0.346 e. The molecule has 24 heavy (non-hydrogen) atoms. The Morgan fingerprint density at radius 2 is 1.75 bits per heavy atom. The predicted octanol–water partition coefficient (Wildman–Crippen LogP) is 4.06. The van der Waals surface area contributed by atoms with Crippen LogP contribution >= 0.6 is 0 Å². The van der Waals surface area contributed by atoms with Crippen molar-refractivity contribution in [2.75, 3.05) is 5.32 Å². The standard InChI is InChI=1S/C16H14F3N5/c1-10(22-15-20-7-2-8-21-15)13-9-14(24-23-13)11-3-5-12(6-4-11)16(17,18)19/h2-10H,1H3,(H,23,24)(H,20,21,22)/t10-/m0/s1. The Kier molecular flexibility index (Phi) is 4.20. The molecule has 0 amide bonds. The van der Waals surface area contributed by atoms with E-state index in [-0.39, 0.29) is 6.04 Å². The van der Waals surface area contributed by atoms with Crippen molar-refractivity contribution >= 4 is 5.95 Å². The van der Waals surface area contributed by atoms with Gasteiger partial charge in [-0.2, -0.15) is 18.3 Å². The topological polar surface area (TPSA) is 66.5 Å². The number of nitrogens with zero attached hydrogens (tertiary/aromatic N) is 3. The zero-order valence-electron chi connectivity index (χ0n) is 12.7. The average molecular weight is 333 g/mol. The van der Waals surface area contributed by atoms with Crippen LogP contribution in [0.1, 0.15) is 24.2 Å². The molecular formula is C16H14F3N5. The first-order valence-electron chi connectivity index (χ1n) is 7.20. The molecule has 0 unspecified atom stereocenters. The second-order valence-corrected chi connectivity index (χ2v) is 5.22. The normalized spacial score (nSPS) is 12.8. The summed E-state index contributed by atoms with van der Waals surface area (Å²) in [6.07, 6.45) is -1.09. The van der Waals surface area contributed by atoms with Crippen molar-refractivity contribution in [3.8, 4) is 11.3 Å². The zero-order valence-corrected chi connectivity index (χ0v) is 12.7. The molecule has 0 saturated heterocycles. The first kappa shape index (κ1) is 16.0. The second kappa shape index (κ2) is 6.31. The van der Waals surface area contributed by atoms with Crippen molar-refractivity contribution in [3.63, 3.8) is 0 Å². The van der Waals surface area contributed by atoms with Crippen LogP contribution in [0, 0.1) is 0 Å². The average Bonchev–Trinajstić information content (AvgIpc) is 3.05. The zero-order chi connectivity index (χ0) is 17.2. The van der Waals surface area contributed by atoms with Crippen molar-refractivity contribution in [2.45, 2.75) is 19.1 Å². The Balaban J connectivity index is 1.75. The fourth-order valence-electron chi connectivity index (χ4n) is 2.18. The number of nitrogens with one attached hydrogen (secondary N) is 2. The molecule has 0 bridgehead atoms. The van der Waals surface area contributed by atoms with Gasteiger partial charge in [-0.3, -0.25) is 5.10 Å². The lowest BCUT2D eigenvalue weighted by atomic mass is 10.1. The Hall–Kier alpha value is -2.90. The molecule has 3 aromatic rings. The Bertz CT molecular complexity index is 797. The van der Waals surface area contributed by atoms with E-state index in [1.54, 1.807) is 24.5 Å². The highest BCUT2D eigenvalue weighted by molar-refractivity contribution is 5.60. The van der Waals surface area contributed by atoms with Crippen LogP contribution in [0.4, 0.5) is 19.1 Å². The van der Waals surface area contributed by atoms with E-state index in [9.17, 15) is 13.2 Å². The molecule has 0 aliphatic carbocycles. The van der Waals surface area contributed by atoms with E-state index < -0.39 is 11.7 Å². The Morgan fingerprint density at radius 3 is 2.38 bits per heavy atom. The molecule has 0 spiro atoms. The quantitative estimate of drug-likeness (QED) is 0.756. The molecule has 1 atom stereocenters. The number of H-pyrrole nitrogens is 1. The molecular weight excluding hydrogens is 319 g/mol. The Labute approximate surface area is 136 Å². The number of aromatic nitrogens is 4. The summed E-state index contributed by atoms with van der Waals surface area (Å²) in [6.45, 7) is 1.90. The largest absolute Gasteiger partial charge is 0.416 e. The summed E-state index contributed by atoms with van der Waals surface area (Å²) < 4.78 is 37.8. The lowest BCUT2D eigenvalue weighted by molar-refractivity contribution is -0.137. The number of anilines is 1. The van der Waals surface area contributed by atoms with Crippen molar-refractivity contribution in [2.24, 2.45) is 0 Å². The van der Waals surface area contributed by atoms with E-state index in [2.05, 4.69) is 25.5 Å². The molecule has 8 heteroatoms. The van der Waals surface area contributed by atoms with Crippen LogP contribution in [0.15, 0.2) is 48.8 Å². The number of benzene rings is 1. The van der Waals surface area contributed by atoms with E-state index in [1.807, 2.05) is 6.92 Å². The van der Waals surface area contributed by atoms with Crippen molar-refractivity contribution < 1.29 is 13.2 Å². The number of hydrogen-bond donors (Lipinski definition) is 2. The highest BCUT2D eigenvalue weighted by Gasteiger charge is 2.30. The van der Waals surface area contributed by atoms with Gasteiger partial charge >= 0.3 is 6.18 Å². The first-order chi connectivity index (χ1) is 11.4. The summed E-state index contributed by atoms with van der Waals surface area (Å²) in [5.74, 6) is 0.482. The van der Waals surface area contributed by atoms with E-state index in [4.69, 9.17) is 0 Å². The first-order valence-corrected chi connectivity index (χ1v) is 7.20. The van der Waals surface area contributed by atoms with Crippen LogP contribution in [0.2, 0.25) is 0 Å². The SMILES string of the molecule is C[C@H](Nc1ncccn1)c1cc(-c2ccc(C(F)(F)F)cc2)n[nH]1. The third-order valence-electron chi connectivity index (χ3n) is 3.48. The summed E-state index contributed by atoms with van der Waals surface area (Å²) in [5, 5.41) is 10.1. The number of hydrogen-bond acceptors (Lipinski definition) is 4. The molecule has 0 fully saturated rings. The van der Waals surface area contributed by atoms with Crippen molar-refractivity contribution in [1.82, 2.24) is 20.2 Å². The maximum Gasteiger partial charge on any atom is 0.416 e. The van der Waals surface area contributed by atoms with Crippen LogP contribution in [-0.4, -0.2) is 20.2 Å². The monoisotopic (exact) mass is 333 g/mol. The molecule has 1 aromatic carbocycles. The van der Waals surface area contributed by atoms with Gasteiger partial charge < -0.3 is 5.32 Å². The molecule has 0 radical (unpaired) electrons. The predicted molar refractivity (Wildman–Crippen MR) is 83.1 cm³/mol. The highest BCUT2D eigenvalue weighted by Crippen LogP contribution is 2.31. The van der Waals surface area contributed by atoms with Gasteiger partial charge in [0.2, 0.25) is 5.95 Å². The third kappa shape index (κ3) is 3.53. The van der Waals surface area contributed by atoms with Crippen molar-refractivity contribution in [1.29, 1.82) is 0 Å². The number of halogens is 3. The van der Waals surface area contributed by atoms with Gasteiger partial charge in [0.1, 0.15) is 0 Å². The molecule has 0 aliphatic rings. The number of alkyl halides is 3. The van der Waals surface area contributed by atoms with Gasteiger partial charge in [-0.05, 0) is 31.2 Å². The van der Waals surface area contributed by atoms with Crippen LogP contribution in [-0.2, 0) is 6.18 Å². The lowest BCUT2D eigenvalue weighted by Crippen LogP contribution is -2.09. The third-order valence-corrected chi connectivity index (χ3v) is 3.48. The van der Waals surface area contributed by atoms with Gasteiger partial charge in [0.25, 0.3) is 0 Å². The second-order valence-electron chi connectivity index (χ2n) is 5.22. The van der Waals surface area contributed by atoms with E-state index in [1.165, 1.54) is 12.1 Å². The molecule has 0 saturated carbocycles. The van der Waals surface area contributed by atoms with Gasteiger partial charge in [-0.25, -0.2) is 9.97 Å². The minimum absolute atomic E-state index is 0.136. The number of rotatable bonds is 4. The van der Waals surface area contributed by atoms with Crippen molar-refractivity contribution in [3.05, 3.63) is 60.0 Å². The lowest BCUT2D eigenvalue weighted by Gasteiger charge is -2.10. The summed E-state index contributed by atoms with van der Waals surface area (Å²) in [7, 11) is 0. The van der Waals surface area contributed by atoms with Crippen LogP contribution in [0.3, 0.4) is 0 Å². The molecule has 124 valence electrons. The van der Waals surface area contributed by atoms with Gasteiger partial charge in [0.05, 0.1) is 23.0 Å². The summed E-state index contributed by atoms with van der Waals surface area (Å²) in [6, 6.07) is 8.26. The van der Waals surface area contributed by atoms with Crippen LogP contribution in [0.25, 0.3) is 11.3 Å². The van der Waals surface area contributed by atoms with Crippen LogP contribution < -0.4 is 5.32 Å². The maximum absolute atomic E-state index is 12.6. The molecule has 2 aromatic heterocycles. The van der Waals surface area contributed by atoms with Gasteiger partial charge in [-0.1, -0.05) is 12.1 Å². The molecule has 2 heterocycles. The van der Waals surface area contributed by atoms with Crippen LogP contribution in [0.5, 0.6) is 0 Å². The summed E-state index contributed by atoms with van der Waals surface area (Å²) >= 11 is 0. The Morgan fingerprint density at radius 1 is 1.08 bits per heavy atom. The van der Waals surface area contributed by atoms with E-state index in [0.717, 1.165) is 17.8 Å². The van der Waals surface area contributed by atoms with E-state index >= 15 is 0 Å². The minimum atomic E-state index is -4.34. The number of aromatic amines is 1.